The smallest absolute Gasteiger partial charge is 0.432 e. The summed E-state index contributed by atoms with van der Waals surface area (Å²) in [6, 6.07) is 0. The Kier molecular flexibility index (Phi) is 12.9. The van der Waals surface area contributed by atoms with Gasteiger partial charge < -0.3 is 18.7 Å². The van der Waals surface area contributed by atoms with Crippen LogP contribution < -0.4 is 11.2 Å². The van der Waals surface area contributed by atoms with Crippen molar-refractivity contribution in [2.75, 3.05) is 26.2 Å². The van der Waals surface area contributed by atoms with E-state index < -0.39 is 43.7 Å². The summed E-state index contributed by atoms with van der Waals surface area (Å²) in [4.78, 5) is 36.3. The van der Waals surface area contributed by atoms with Gasteiger partial charge in [0.05, 0.1) is 30.7 Å². The maximum atomic E-state index is 13.4. The summed E-state index contributed by atoms with van der Waals surface area (Å²) in [6.45, 7) is 13.4. The standard InChI is InChI=1S/C24H40FN2O9P/c1-18(2)36-22(30)32-17-35-37(31,34-13-10-12-33-24(6,7)16-23(3,4)5)14-9-8-11-27-15-19(25)20(28)26-21(27)29/h8-9,15,18H,10-14,16-17H2,1-7H3,(H,26,28,29)/b9-8+. The second-order valence-electron chi connectivity index (χ2n) is 10.5. The molecule has 0 saturated heterocycles. The zero-order valence-corrected chi connectivity index (χ0v) is 23.6. The number of nitrogens with one attached hydrogen (secondary N) is 1. The fraction of sp³-hybridized carbons (Fsp3) is 0.708. The molecule has 0 aliphatic rings. The highest BCUT2D eigenvalue weighted by Crippen LogP contribution is 2.48. The molecule has 1 aromatic heterocycles. The van der Waals surface area contributed by atoms with Gasteiger partial charge in [0.25, 0.3) is 5.56 Å². The molecule has 1 aromatic rings. The lowest BCUT2D eigenvalue weighted by molar-refractivity contribution is -0.0471. The molecular formula is C24H40FN2O9P. The molecule has 0 radical (unpaired) electrons. The van der Waals surface area contributed by atoms with Crippen molar-refractivity contribution in [2.24, 2.45) is 5.41 Å². The van der Waals surface area contributed by atoms with E-state index in [-0.39, 0.29) is 30.3 Å². The molecule has 11 nitrogen and oxygen atoms in total. The van der Waals surface area contributed by atoms with Crippen molar-refractivity contribution in [3.05, 3.63) is 45.0 Å². The first-order valence-corrected chi connectivity index (χ1v) is 13.7. The quantitative estimate of drug-likeness (QED) is 0.109. The molecule has 1 heterocycles. The largest absolute Gasteiger partial charge is 0.510 e. The molecule has 1 unspecified atom stereocenters. The number of carbonyl (C=O) groups is 1. The zero-order chi connectivity index (χ0) is 28.3. The molecule has 0 bridgehead atoms. The third-order valence-corrected chi connectivity index (χ3v) is 6.28. The van der Waals surface area contributed by atoms with Gasteiger partial charge in [-0.3, -0.25) is 23.4 Å². The van der Waals surface area contributed by atoms with Crippen molar-refractivity contribution >= 4 is 13.8 Å². The fourth-order valence-corrected chi connectivity index (χ4v) is 4.79. The average molecular weight is 551 g/mol. The van der Waals surface area contributed by atoms with Gasteiger partial charge in [0, 0.05) is 13.2 Å². The summed E-state index contributed by atoms with van der Waals surface area (Å²) in [6.07, 6.45) is 3.32. The Morgan fingerprint density at radius 3 is 2.43 bits per heavy atom. The molecule has 212 valence electrons. The predicted molar refractivity (Wildman–Crippen MR) is 136 cm³/mol. The molecule has 0 spiro atoms. The van der Waals surface area contributed by atoms with Crippen LogP contribution in [0.2, 0.25) is 0 Å². The van der Waals surface area contributed by atoms with Crippen molar-refractivity contribution in [3.8, 4) is 0 Å². The number of halogens is 1. The van der Waals surface area contributed by atoms with Gasteiger partial charge in [-0.1, -0.05) is 32.9 Å². The highest BCUT2D eigenvalue weighted by Gasteiger charge is 2.27. The number of carbonyl (C=O) groups excluding carboxylic acids is 1. The van der Waals surface area contributed by atoms with Gasteiger partial charge >= 0.3 is 19.4 Å². The SMILES string of the molecule is CC(C)OC(=O)OCOP(=O)(C/C=C/Cn1cc(F)c(=O)[nH]c1=O)OCCCOC(C)(C)CC(C)(C)C. The van der Waals surface area contributed by atoms with Crippen LogP contribution in [-0.2, 0) is 34.4 Å². The molecule has 0 aliphatic heterocycles. The van der Waals surface area contributed by atoms with Crippen LogP contribution in [0.15, 0.2) is 27.9 Å². The maximum Gasteiger partial charge on any atom is 0.510 e. The molecule has 37 heavy (non-hydrogen) atoms. The highest BCUT2D eigenvalue weighted by atomic mass is 31.2. The van der Waals surface area contributed by atoms with Gasteiger partial charge in [-0.25, -0.2) is 9.59 Å². The number of hydrogen-bond donors (Lipinski definition) is 1. The minimum Gasteiger partial charge on any atom is -0.432 e. The Balaban J connectivity index is 2.71. The van der Waals surface area contributed by atoms with E-state index in [0.717, 1.165) is 17.2 Å². The third kappa shape index (κ3) is 14.3. The number of aromatic amines is 1. The van der Waals surface area contributed by atoms with Crippen LogP contribution in [0.4, 0.5) is 9.18 Å². The van der Waals surface area contributed by atoms with Gasteiger partial charge in [0.1, 0.15) is 0 Å². The molecule has 0 saturated carbocycles. The lowest BCUT2D eigenvalue weighted by Crippen LogP contribution is -2.31. The van der Waals surface area contributed by atoms with E-state index in [0.29, 0.717) is 13.0 Å². The van der Waals surface area contributed by atoms with E-state index in [9.17, 15) is 23.3 Å². The number of allylic oxidation sites excluding steroid dienone is 2. The maximum absolute atomic E-state index is 13.4. The molecular weight excluding hydrogens is 510 g/mol. The Labute approximate surface area is 216 Å². The first kappa shape index (κ1) is 32.8. The highest BCUT2D eigenvalue weighted by molar-refractivity contribution is 7.54. The number of rotatable bonds is 15. The molecule has 0 amide bonds. The minimum absolute atomic E-state index is 0.0533. The van der Waals surface area contributed by atoms with Crippen LogP contribution in [-0.4, -0.2) is 53.6 Å². The van der Waals surface area contributed by atoms with E-state index in [1.165, 1.54) is 12.2 Å². The Hall–Kier alpha value is -2.27. The molecule has 0 aromatic carbocycles. The summed E-state index contributed by atoms with van der Waals surface area (Å²) in [7, 11) is -3.77. The molecule has 1 rings (SSSR count). The van der Waals surface area contributed by atoms with Crippen LogP contribution >= 0.6 is 7.60 Å². The van der Waals surface area contributed by atoms with E-state index in [4.69, 9.17) is 23.3 Å². The first-order valence-electron chi connectivity index (χ1n) is 12.0. The summed E-state index contributed by atoms with van der Waals surface area (Å²) >= 11 is 0. The van der Waals surface area contributed by atoms with Gasteiger partial charge in [0.2, 0.25) is 12.6 Å². The monoisotopic (exact) mass is 550 g/mol. The van der Waals surface area contributed by atoms with E-state index in [1.807, 2.05) is 18.8 Å². The van der Waals surface area contributed by atoms with Crippen LogP contribution in [0.25, 0.3) is 0 Å². The second kappa shape index (κ2) is 14.6. The Morgan fingerprint density at radius 2 is 1.81 bits per heavy atom. The number of ether oxygens (including phenoxy) is 3. The van der Waals surface area contributed by atoms with Crippen molar-refractivity contribution in [1.82, 2.24) is 9.55 Å². The van der Waals surface area contributed by atoms with E-state index >= 15 is 0 Å². The third-order valence-electron chi connectivity index (χ3n) is 4.55. The summed E-state index contributed by atoms with van der Waals surface area (Å²) in [5.74, 6) is -1.11. The molecule has 0 fully saturated rings. The van der Waals surface area contributed by atoms with Gasteiger partial charge in [0.15, 0.2) is 0 Å². The average Bonchev–Trinajstić information content (AvgIpc) is 2.72. The normalized spacial score (nSPS) is 14.2. The van der Waals surface area contributed by atoms with Crippen LogP contribution in [0, 0.1) is 11.2 Å². The van der Waals surface area contributed by atoms with E-state index in [2.05, 4.69) is 20.8 Å². The van der Waals surface area contributed by atoms with Crippen molar-refractivity contribution < 1.29 is 37.0 Å². The summed E-state index contributed by atoms with van der Waals surface area (Å²) < 4.78 is 53.9. The fourth-order valence-electron chi connectivity index (χ4n) is 3.47. The van der Waals surface area contributed by atoms with Crippen molar-refractivity contribution in [1.29, 1.82) is 0 Å². The number of nitrogens with zero attached hydrogens (tertiary/aromatic N) is 1. The minimum atomic E-state index is -3.77. The van der Waals surface area contributed by atoms with Crippen LogP contribution in [0.3, 0.4) is 0 Å². The van der Waals surface area contributed by atoms with Crippen LogP contribution in [0.5, 0.6) is 0 Å². The first-order chi connectivity index (χ1) is 17.0. The van der Waals surface area contributed by atoms with Gasteiger partial charge in [-0.15, -0.1) is 0 Å². The predicted octanol–water partition coefficient (Wildman–Crippen LogP) is 4.60. The van der Waals surface area contributed by atoms with Gasteiger partial charge in [-0.2, -0.15) is 4.39 Å². The Morgan fingerprint density at radius 1 is 1.14 bits per heavy atom. The van der Waals surface area contributed by atoms with Gasteiger partial charge in [-0.05, 0) is 46.0 Å². The second-order valence-corrected chi connectivity index (χ2v) is 12.6. The summed E-state index contributed by atoms with van der Waals surface area (Å²) in [5, 5.41) is 0. The van der Waals surface area contributed by atoms with Crippen LogP contribution in [0.1, 0.15) is 61.3 Å². The number of hydrogen-bond acceptors (Lipinski definition) is 9. The summed E-state index contributed by atoms with van der Waals surface area (Å²) in [5.41, 5.74) is -2.15. The molecule has 13 heteroatoms. The number of H-pyrrole nitrogens is 1. The Bertz CT molecular complexity index is 1060. The van der Waals surface area contributed by atoms with Crippen molar-refractivity contribution in [2.45, 2.75) is 79.6 Å². The molecule has 1 N–H and O–H groups in total. The van der Waals surface area contributed by atoms with Crippen molar-refractivity contribution in [3.63, 3.8) is 0 Å². The van der Waals surface area contributed by atoms with E-state index in [1.54, 1.807) is 13.8 Å². The lowest BCUT2D eigenvalue weighted by Gasteiger charge is -2.32. The molecule has 1 atom stereocenters. The zero-order valence-electron chi connectivity index (χ0n) is 22.7. The topological polar surface area (TPSA) is 135 Å². The number of aromatic nitrogens is 2. The lowest BCUT2D eigenvalue weighted by atomic mass is 9.84. The molecule has 0 aliphatic carbocycles.